The van der Waals surface area contributed by atoms with Crippen molar-refractivity contribution in [3.05, 3.63) is 0 Å². The lowest BCUT2D eigenvalue weighted by Crippen LogP contribution is -2.67. The van der Waals surface area contributed by atoms with Crippen LogP contribution in [0.1, 0.15) is 485 Å². The van der Waals surface area contributed by atoms with Crippen molar-refractivity contribution in [1.82, 2.24) is 10.6 Å². The summed E-state index contributed by atoms with van der Waals surface area (Å²) in [6.07, 6.45) is 52.4. The van der Waals surface area contributed by atoms with Crippen LogP contribution in [-0.4, -0.2) is 147 Å². The number of rotatable bonds is 89. The molecule has 2 amide bonds. The molecule has 1 unspecified atom stereocenters. The van der Waals surface area contributed by atoms with Crippen LogP contribution < -0.4 is 10.6 Å². The molecule has 0 saturated carbocycles. The summed E-state index contributed by atoms with van der Waals surface area (Å²) in [5.41, 5.74) is -1.99. The summed E-state index contributed by atoms with van der Waals surface area (Å²) >= 11 is 0. The summed E-state index contributed by atoms with van der Waals surface area (Å²) in [6, 6.07) is -1.86. The minimum Gasteiger partial charge on any atom is -0.462 e. The molecule has 1 heterocycles. The molecule has 26 heteroatoms. The van der Waals surface area contributed by atoms with Crippen LogP contribution in [0.2, 0.25) is 0 Å². The highest BCUT2D eigenvalue weighted by molar-refractivity contribution is 7.46. The number of esters is 4. The zero-order valence-electron chi connectivity index (χ0n) is 77.6. The molecule has 1 aliphatic heterocycles. The number of hydrogen-bond donors (Lipinski definition) is 8. The molecule has 1 fully saturated rings. The average Bonchev–Trinajstić information content (AvgIpc) is 0.776. The first-order valence-electron chi connectivity index (χ1n) is 49.8. The fourth-order valence-corrected chi connectivity index (χ4v) is 17.2. The number of carbonyl (C=O) groups excluding carboxylic acids is 6. The zero-order chi connectivity index (χ0) is 89.0. The molecule has 714 valence electrons. The van der Waals surface area contributed by atoms with Gasteiger partial charge in [-0.15, -0.1) is 0 Å². The molecule has 0 radical (unpaired) electrons. The molecular formula is C95H182N2O22P2. The van der Waals surface area contributed by atoms with Gasteiger partial charge in [0.05, 0.1) is 51.1 Å². The number of unbranched alkanes of at least 4 members (excludes halogenated alkanes) is 54. The zero-order valence-corrected chi connectivity index (χ0v) is 79.3. The highest BCUT2D eigenvalue weighted by atomic mass is 31.2. The van der Waals surface area contributed by atoms with E-state index in [4.69, 9.17) is 37.5 Å². The molecule has 8 N–H and O–H groups in total. The van der Waals surface area contributed by atoms with Crippen LogP contribution in [0.4, 0.5) is 0 Å². The second-order valence-electron chi connectivity index (χ2n) is 35.5. The van der Waals surface area contributed by atoms with Crippen LogP contribution >= 0.6 is 15.6 Å². The predicted molar refractivity (Wildman–Crippen MR) is 483 cm³/mol. The summed E-state index contributed by atoms with van der Waals surface area (Å²) in [7, 11) is -11.0. The summed E-state index contributed by atoms with van der Waals surface area (Å²) in [5, 5.41) is 28.2. The number of nitrogens with one attached hydrogen (secondary N) is 2. The Bertz CT molecular complexity index is 2580. The molecule has 0 spiro atoms. The number of carbonyl (C=O) groups is 6. The van der Waals surface area contributed by atoms with E-state index < -0.39 is 152 Å². The van der Waals surface area contributed by atoms with E-state index in [1.165, 1.54) is 141 Å². The lowest BCUT2D eigenvalue weighted by molar-refractivity contribution is -0.278. The van der Waals surface area contributed by atoms with Crippen LogP contribution in [0, 0.1) is 5.41 Å². The molecular weight excluding hydrogens is 1580 g/mol. The Hall–Kier alpha value is -3.12. The number of ether oxygens (including phenoxy) is 6. The van der Waals surface area contributed by atoms with E-state index in [0.717, 1.165) is 205 Å². The predicted octanol–water partition coefficient (Wildman–Crippen LogP) is 23.6. The summed E-state index contributed by atoms with van der Waals surface area (Å²) < 4.78 is 73.7. The van der Waals surface area contributed by atoms with E-state index in [2.05, 4.69) is 52.2 Å². The molecule has 9 atom stereocenters. The Balaban J connectivity index is 4.00. The fraction of sp³-hybridized carbons (Fsp3) is 0.937. The van der Waals surface area contributed by atoms with Gasteiger partial charge in [-0.3, -0.25) is 37.8 Å². The summed E-state index contributed by atoms with van der Waals surface area (Å²) in [5.74, 6) is -3.96. The SMILES string of the molecule is CCCCCCCCCCCCCC(=O)O[C@H](CCCCCCCCCCC)CC(=O)NCC(CO)(CO[C@@H]1O[C@H](CO)[C@@H](OP(=O)(O)O)[C@H](OC(=O)C[C@@H](CCCCCCCCCCC)OC(=O)CCCCCCCCCCCCC)[C@H]1NC(=O)C[C@@H](CCCCCCCCCCC)OC(=O)CCCCCCCCCCCCC)COP(=O)(O)O. The van der Waals surface area contributed by atoms with E-state index in [1.54, 1.807) is 0 Å². The normalized spacial score (nSPS) is 16.9. The molecule has 0 aromatic carbocycles. The van der Waals surface area contributed by atoms with Crippen molar-refractivity contribution >= 4 is 51.3 Å². The number of hydrogen-bond acceptors (Lipinski definition) is 18. The van der Waals surface area contributed by atoms with Crippen molar-refractivity contribution in [2.45, 2.75) is 534 Å². The third-order valence-corrected chi connectivity index (χ3v) is 24.7. The van der Waals surface area contributed by atoms with Crippen molar-refractivity contribution in [3.63, 3.8) is 0 Å². The van der Waals surface area contributed by atoms with Gasteiger partial charge in [-0.05, 0) is 57.8 Å². The maximum absolute atomic E-state index is 15.1. The van der Waals surface area contributed by atoms with E-state index in [0.29, 0.717) is 44.9 Å². The third-order valence-electron chi connectivity index (χ3n) is 23.7. The maximum Gasteiger partial charge on any atom is 0.470 e. The van der Waals surface area contributed by atoms with Crippen LogP contribution in [0.5, 0.6) is 0 Å². The minimum absolute atomic E-state index is 0.103. The van der Waals surface area contributed by atoms with E-state index >= 15 is 4.79 Å². The monoisotopic (exact) mass is 1770 g/mol. The lowest BCUT2D eigenvalue weighted by Gasteiger charge is -2.46. The second kappa shape index (κ2) is 79.1. The van der Waals surface area contributed by atoms with E-state index in [-0.39, 0.29) is 38.5 Å². The van der Waals surface area contributed by atoms with Crippen LogP contribution in [0.15, 0.2) is 0 Å². The summed E-state index contributed by atoms with van der Waals surface area (Å²) in [4.78, 5) is 127. The van der Waals surface area contributed by atoms with Crippen molar-refractivity contribution in [2.24, 2.45) is 5.41 Å². The van der Waals surface area contributed by atoms with Gasteiger partial charge in [-0.1, -0.05) is 388 Å². The van der Waals surface area contributed by atoms with Gasteiger partial charge >= 0.3 is 39.5 Å². The third kappa shape index (κ3) is 68.7. The largest absolute Gasteiger partial charge is 0.470 e. The Kier molecular flexibility index (Phi) is 75.7. The van der Waals surface area contributed by atoms with Gasteiger partial charge in [-0.2, -0.15) is 0 Å². The van der Waals surface area contributed by atoms with Gasteiger partial charge in [-0.25, -0.2) is 9.13 Å². The highest BCUT2D eigenvalue weighted by Gasteiger charge is 2.53. The molecule has 1 rings (SSSR count). The Morgan fingerprint density at radius 1 is 0.355 bits per heavy atom. The number of amides is 2. The molecule has 1 aliphatic rings. The van der Waals surface area contributed by atoms with Gasteiger partial charge < -0.3 is 68.8 Å². The van der Waals surface area contributed by atoms with Crippen molar-refractivity contribution < 1.29 is 105 Å². The van der Waals surface area contributed by atoms with Crippen molar-refractivity contribution in [1.29, 1.82) is 0 Å². The van der Waals surface area contributed by atoms with Gasteiger partial charge in [0.1, 0.15) is 36.6 Å². The maximum atomic E-state index is 15.1. The molecule has 0 aromatic heterocycles. The van der Waals surface area contributed by atoms with Crippen LogP contribution in [0.3, 0.4) is 0 Å². The van der Waals surface area contributed by atoms with Gasteiger partial charge in [0.15, 0.2) is 12.4 Å². The Morgan fingerprint density at radius 2 is 0.645 bits per heavy atom. The topological polar surface area (TPSA) is 356 Å². The van der Waals surface area contributed by atoms with Gasteiger partial charge in [0, 0.05) is 25.8 Å². The van der Waals surface area contributed by atoms with Crippen LogP contribution in [0.25, 0.3) is 0 Å². The quantitative estimate of drug-likeness (QED) is 0.0121. The van der Waals surface area contributed by atoms with Gasteiger partial charge in [0.2, 0.25) is 11.8 Å². The van der Waals surface area contributed by atoms with E-state index in [9.17, 15) is 62.9 Å². The number of phosphoric acid groups is 2. The molecule has 121 heavy (non-hydrogen) atoms. The van der Waals surface area contributed by atoms with Gasteiger partial charge in [0.25, 0.3) is 0 Å². The first kappa shape index (κ1) is 116. The molecule has 24 nitrogen and oxygen atoms in total. The Labute approximate surface area is 735 Å². The standard InChI is InChI=1S/C95H182N2O22P2/c1-7-13-19-25-31-37-40-46-52-58-64-70-87(102)114-81(67-61-55-49-43-34-28-22-16-10-4)73-85(100)96-77-95(78-99,80-113-120(106,107)108)79-112-94-91(97-86(101)74-82(68-62-56-50-44-35-29-23-17-11-5)115-88(103)71-65-59-53-47-41-38-32-26-20-14-8-2)93(92(84(76-98)117-94)119-121(109,110)111)118-90(105)75-83(69-63-57-51-45-36-30-24-18-12-6)116-89(104)72-66-60-54-48-42-39-33-27-21-15-9-3/h81-84,91-94,98-99H,7-80H2,1-6H3,(H,96,100)(H,97,101)(H2,106,107,108)(H2,109,110,111)/t81-,82-,83-,84-,91-,92-,93-,94-,95?/m1/s1. The molecule has 0 aliphatic carbocycles. The lowest BCUT2D eigenvalue weighted by atomic mass is 9.90. The number of aliphatic hydroxyl groups is 2. The first-order chi connectivity index (χ1) is 58.5. The number of phosphoric ester groups is 2. The summed E-state index contributed by atoms with van der Waals surface area (Å²) in [6.45, 7) is 8.66. The minimum atomic E-state index is -5.64. The highest BCUT2D eigenvalue weighted by Crippen LogP contribution is 2.44. The molecule has 0 aromatic rings. The van der Waals surface area contributed by atoms with E-state index in [1.807, 2.05) is 0 Å². The second-order valence-corrected chi connectivity index (χ2v) is 37.9. The van der Waals surface area contributed by atoms with Crippen molar-refractivity contribution in [3.8, 4) is 0 Å². The fourth-order valence-electron chi connectivity index (χ4n) is 16.1. The first-order valence-corrected chi connectivity index (χ1v) is 52.8. The molecule has 1 saturated heterocycles. The van der Waals surface area contributed by atoms with Crippen molar-refractivity contribution in [2.75, 3.05) is 33.0 Å². The number of aliphatic hydroxyl groups excluding tert-OH is 2. The average molecular weight is 1770 g/mol. The molecule has 0 bridgehead atoms. The Morgan fingerprint density at radius 3 is 0.934 bits per heavy atom. The van der Waals surface area contributed by atoms with Crippen LogP contribution in [-0.2, 0) is 75.4 Å². The smallest absolute Gasteiger partial charge is 0.462 e.